The van der Waals surface area contributed by atoms with Gasteiger partial charge >= 0.3 is 0 Å². The highest BCUT2D eigenvalue weighted by Crippen LogP contribution is 2.49. The lowest BCUT2D eigenvalue weighted by molar-refractivity contribution is 0.368. The van der Waals surface area contributed by atoms with Gasteiger partial charge in [-0.25, -0.2) is 4.39 Å². The molecule has 1 aromatic heterocycles. The van der Waals surface area contributed by atoms with Gasteiger partial charge in [0.2, 0.25) is 0 Å². The number of aryl methyl sites for hydroxylation is 1. The van der Waals surface area contributed by atoms with E-state index in [0.717, 1.165) is 41.9 Å². The SMILES string of the molecule is NC1=NC2(CCCc3sc(-c4cc(N)cc(F)c4)cc32)CCS1. The zero-order valence-electron chi connectivity index (χ0n) is 12.6. The molecule has 1 spiro atoms. The Balaban J connectivity index is 1.82. The van der Waals surface area contributed by atoms with Gasteiger partial charge in [-0.2, -0.15) is 0 Å². The standard InChI is InChI=1S/C17H18FN3S2/c18-11-6-10(7-12(19)8-11)15-9-13-14(23-15)2-1-3-17(13)4-5-22-16(20)21-17/h6-9H,1-5,19H2,(H2,20,21). The Labute approximate surface area is 143 Å². The molecule has 1 aliphatic heterocycles. The van der Waals surface area contributed by atoms with E-state index in [0.29, 0.717) is 10.9 Å². The molecule has 0 saturated carbocycles. The number of nitrogens with two attached hydrogens (primary N) is 2. The zero-order chi connectivity index (χ0) is 16.0. The van der Waals surface area contributed by atoms with Crippen LogP contribution in [-0.2, 0) is 12.0 Å². The fourth-order valence-corrected chi connectivity index (χ4v) is 5.75. The lowest BCUT2D eigenvalue weighted by Crippen LogP contribution is -2.34. The van der Waals surface area contributed by atoms with E-state index in [1.54, 1.807) is 29.2 Å². The van der Waals surface area contributed by atoms with Crippen molar-refractivity contribution in [3.8, 4) is 10.4 Å². The van der Waals surface area contributed by atoms with E-state index < -0.39 is 0 Å². The van der Waals surface area contributed by atoms with Crippen molar-refractivity contribution in [3.63, 3.8) is 0 Å². The average Bonchev–Trinajstić information content (AvgIpc) is 2.92. The first-order valence-electron chi connectivity index (χ1n) is 7.73. The van der Waals surface area contributed by atoms with Gasteiger partial charge in [-0.3, -0.25) is 4.99 Å². The number of nitrogens with zero attached hydrogens (tertiary/aromatic N) is 1. The number of amidine groups is 1. The van der Waals surface area contributed by atoms with E-state index in [1.165, 1.54) is 16.5 Å². The van der Waals surface area contributed by atoms with Gasteiger partial charge in [0.1, 0.15) is 5.82 Å². The number of benzene rings is 1. The molecule has 0 amide bonds. The molecule has 2 heterocycles. The Morgan fingerprint density at radius 1 is 1.13 bits per heavy atom. The fourth-order valence-electron chi connectivity index (χ4n) is 3.58. The summed E-state index contributed by atoms with van der Waals surface area (Å²) in [5.41, 5.74) is 14.2. The molecule has 120 valence electrons. The molecular formula is C17H18FN3S2. The Morgan fingerprint density at radius 2 is 2.00 bits per heavy atom. The molecule has 4 N–H and O–H groups in total. The third kappa shape index (κ3) is 2.64. The first-order valence-corrected chi connectivity index (χ1v) is 9.54. The van der Waals surface area contributed by atoms with E-state index in [4.69, 9.17) is 16.5 Å². The summed E-state index contributed by atoms with van der Waals surface area (Å²) in [5.74, 6) is 0.713. The van der Waals surface area contributed by atoms with Crippen molar-refractivity contribution >= 4 is 34.0 Å². The number of rotatable bonds is 1. The second-order valence-corrected chi connectivity index (χ2v) is 8.41. The van der Waals surface area contributed by atoms with Crippen LogP contribution in [0.2, 0.25) is 0 Å². The second-order valence-electron chi connectivity index (χ2n) is 6.15. The minimum atomic E-state index is -0.294. The number of hydrogen-bond acceptors (Lipinski definition) is 5. The highest BCUT2D eigenvalue weighted by atomic mass is 32.2. The van der Waals surface area contributed by atoms with Crippen LogP contribution in [0.15, 0.2) is 29.3 Å². The van der Waals surface area contributed by atoms with Crippen molar-refractivity contribution in [1.29, 1.82) is 0 Å². The summed E-state index contributed by atoms with van der Waals surface area (Å²) >= 11 is 3.37. The quantitative estimate of drug-likeness (QED) is 0.763. The van der Waals surface area contributed by atoms with Crippen molar-refractivity contribution in [2.45, 2.75) is 31.2 Å². The Bertz CT molecular complexity index is 779. The molecule has 4 rings (SSSR count). The van der Waals surface area contributed by atoms with Crippen LogP contribution in [0.4, 0.5) is 10.1 Å². The highest BCUT2D eigenvalue weighted by molar-refractivity contribution is 8.13. The number of anilines is 1. The summed E-state index contributed by atoms with van der Waals surface area (Å²) in [6.07, 6.45) is 4.25. The zero-order valence-corrected chi connectivity index (χ0v) is 14.3. The minimum Gasteiger partial charge on any atom is -0.399 e. The maximum absolute atomic E-state index is 13.7. The molecule has 0 saturated heterocycles. The summed E-state index contributed by atoms with van der Waals surface area (Å²) in [6.45, 7) is 0. The predicted octanol–water partition coefficient (Wildman–Crippen LogP) is 4.12. The molecule has 2 aromatic rings. The molecule has 2 aliphatic rings. The predicted molar refractivity (Wildman–Crippen MR) is 97.4 cm³/mol. The van der Waals surface area contributed by atoms with E-state index in [2.05, 4.69) is 6.07 Å². The summed E-state index contributed by atoms with van der Waals surface area (Å²) in [4.78, 5) is 7.25. The summed E-state index contributed by atoms with van der Waals surface area (Å²) in [6, 6.07) is 6.91. The Kier molecular flexibility index (Phi) is 3.61. The molecule has 1 aliphatic carbocycles. The van der Waals surface area contributed by atoms with Gasteiger partial charge in [0, 0.05) is 21.2 Å². The van der Waals surface area contributed by atoms with Gasteiger partial charge in [0.25, 0.3) is 0 Å². The molecule has 23 heavy (non-hydrogen) atoms. The van der Waals surface area contributed by atoms with E-state index in [-0.39, 0.29) is 11.4 Å². The van der Waals surface area contributed by atoms with Crippen molar-refractivity contribution < 1.29 is 4.39 Å². The smallest absolute Gasteiger partial charge is 0.154 e. The highest BCUT2D eigenvalue weighted by Gasteiger charge is 2.39. The number of aliphatic imine (C=N–C) groups is 1. The van der Waals surface area contributed by atoms with Crippen molar-refractivity contribution in [2.24, 2.45) is 10.7 Å². The maximum atomic E-state index is 13.7. The van der Waals surface area contributed by atoms with Gasteiger partial charge in [-0.05, 0) is 61.1 Å². The normalized spacial score (nSPS) is 23.6. The van der Waals surface area contributed by atoms with Gasteiger partial charge in [0.15, 0.2) is 5.17 Å². The fraction of sp³-hybridized carbons (Fsp3) is 0.353. The van der Waals surface area contributed by atoms with Crippen LogP contribution in [0.1, 0.15) is 29.7 Å². The van der Waals surface area contributed by atoms with Crippen LogP contribution in [0.25, 0.3) is 10.4 Å². The molecule has 1 unspecified atom stereocenters. The molecule has 1 aromatic carbocycles. The van der Waals surface area contributed by atoms with Crippen LogP contribution in [0.5, 0.6) is 0 Å². The molecule has 6 heteroatoms. The summed E-state index contributed by atoms with van der Waals surface area (Å²) in [5, 5.41) is 0.687. The number of fused-ring (bicyclic) bond motifs is 2. The second kappa shape index (κ2) is 5.53. The Hall–Kier alpha value is -1.53. The van der Waals surface area contributed by atoms with Gasteiger partial charge in [-0.15, -0.1) is 11.3 Å². The van der Waals surface area contributed by atoms with Crippen LogP contribution in [0.3, 0.4) is 0 Å². The first kappa shape index (κ1) is 15.0. The van der Waals surface area contributed by atoms with Crippen molar-refractivity contribution in [1.82, 2.24) is 0 Å². The number of hydrogen-bond donors (Lipinski definition) is 2. The summed E-state index contributed by atoms with van der Waals surface area (Å²) in [7, 11) is 0. The van der Waals surface area contributed by atoms with Crippen molar-refractivity contribution in [2.75, 3.05) is 11.5 Å². The topological polar surface area (TPSA) is 64.4 Å². The maximum Gasteiger partial charge on any atom is 0.154 e. The molecule has 0 fully saturated rings. The monoisotopic (exact) mass is 347 g/mol. The molecule has 3 nitrogen and oxygen atoms in total. The van der Waals surface area contributed by atoms with Crippen LogP contribution in [-0.4, -0.2) is 10.9 Å². The lowest BCUT2D eigenvalue weighted by atomic mass is 9.78. The minimum absolute atomic E-state index is 0.170. The van der Waals surface area contributed by atoms with Gasteiger partial charge in [-0.1, -0.05) is 11.8 Å². The van der Waals surface area contributed by atoms with E-state index in [9.17, 15) is 4.39 Å². The van der Waals surface area contributed by atoms with E-state index >= 15 is 0 Å². The lowest BCUT2D eigenvalue weighted by Gasteiger charge is -2.36. The molecular weight excluding hydrogens is 329 g/mol. The Morgan fingerprint density at radius 3 is 2.78 bits per heavy atom. The average molecular weight is 347 g/mol. The van der Waals surface area contributed by atoms with Crippen LogP contribution < -0.4 is 11.5 Å². The van der Waals surface area contributed by atoms with Crippen LogP contribution in [0, 0.1) is 5.82 Å². The van der Waals surface area contributed by atoms with Gasteiger partial charge in [0.05, 0.1) is 5.54 Å². The number of thioether (sulfide) groups is 1. The molecule has 0 radical (unpaired) electrons. The molecule has 0 bridgehead atoms. The third-order valence-corrected chi connectivity index (χ3v) is 6.64. The number of thiophene rings is 1. The third-order valence-electron chi connectivity index (χ3n) is 4.60. The van der Waals surface area contributed by atoms with E-state index in [1.807, 2.05) is 6.07 Å². The first-order chi connectivity index (χ1) is 11.1. The largest absolute Gasteiger partial charge is 0.399 e. The van der Waals surface area contributed by atoms with Gasteiger partial charge < -0.3 is 11.5 Å². The van der Waals surface area contributed by atoms with Crippen LogP contribution >= 0.6 is 23.1 Å². The van der Waals surface area contributed by atoms with Crippen molar-refractivity contribution in [3.05, 3.63) is 40.5 Å². The number of nitrogen functional groups attached to an aromatic ring is 1. The molecule has 1 atom stereocenters. The summed E-state index contributed by atoms with van der Waals surface area (Å²) < 4.78 is 13.7. The number of halogens is 1.